The Morgan fingerprint density at radius 2 is 1.85 bits per heavy atom. The minimum absolute atomic E-state index is 0.0195. The van der Waals surface area contributed by atoms with Crippen molar-refractivity contribution < 1.29 is 39.0 Å². The van der Waals surface area contributed by atoms with Crippen molar-refractivity contribution in [3.05, 3.63) is 42.0 Å². The Balaban J connectivity index is 0.000000465. The van der Waals surface area contributed by atoms with Gasteiger partial charge in [0.1, 0.15) is 11.7 Å². The maximum atomic E-state index is 13.3. The number of esters is 1. The third-order valence-corrected chi connectivity index (χ3v) is 9.80. The number of nitrogens with one attached hydrogen (secondary N) is 1. The molecule has 3 saturated heterocycles. The first-order chi connectivity index (χ1) is 18.6. The number of nitrogens with zero attached hydrogens (tertiary/aromatic N) is 1. The van der Waals surface area contributed by atoms with Gasteiger partial charge in [-0.15, -0.1) is 0 Å². The van der Waals surface area contributed by atoms with Gasteiger partial charge in [-0.05, 0) is 50.2 Å². The van der Waals surface area contributed by atoms with Gasteiger partial charge in [-0.1, -0.05) is 43.3 Å². The van der Waals surface area contributed by atoms with Gasteiger partial charge in [-0.3, -0.25) is 9.69 Å². The van der Waals surface area contributed by atoms with Crippen LogP contribution in [0.4, 0.5) is 0 Å². The molecule has 5 aliphatic rings. The summed E-state index contributed by atoms with van der Waals surface area (Å²) in [6.07, 6.45) is 9.25. The minimum atomic E-state index is -2.07. The van der Waals surface area contributed by atoms with Crippen molar-refractivity contribution in [3.63, 3.8) is 0 Å². The van der Waals surface area contributed by atoms with Crippen LogP contribution in [0.2, 0.25) is 0 Å². The molecule has 9 nitrogen and oxygen atoms in total. The highest BCUT2D eigenvalue weighted by Crippen LogP contribution is 2.66. The molecule has 1 spiro atoms. The maximum Gasteiger partial charge on any atom is 0.351 e. The second-order valence-electron chi connectivity index (χ2n) is 12.2. The Labute approximate surface area is 229 Å². The van der Waals surface area contributed by atoms with E-state index in [4.69, 9.17) is 29.3 Å². The molecule has 3 aliphatic heterocycles. The molecule has 7 unspecified atom stereocenters. The number of ether oxygens (including phenoxy) is 2. The van der Waals surface area contributed by atoms with Gasteiger partial charge in [0, 0.05) is 31.5 Å². The predicted octanol–water partition coefficient (Wildman–Crippen LogP) is 0.247. The monoisotopic (exact) mass is 540 g/mol. The van der Waals surface area contributed by atoms with Crippen LogP contribution in [-0.2, 0) is 23.9 Å². The molecule has 1 aromatic rings. The van der Waals surface area contributed by atoms with Crippen molar-refractivity contribution >= 4 is 24.0 Å². The van der Waals surface area contributed by atoms with E-state index in [0.29, 0.717) is 17.8 Å². The van der Waals surface area contributed by atoms with Gasteiger partial charge in [0.05, 0.1) is 31.2 Å². The summed E-state index contributed by atoms with van der Waals surface area (Å²) in [6, 6.07) is 10.5. The van der Waals surface area contributed by atoms with E-state index in [1.54, 1.807) is 4.90 Å². The SMILES string of the molecule is CC1CCC2C(CN3CC[NH+](C/C=C/c4ccccc4)CC3)C(=O)OC23C1CCC1(C)OC13.O=C([O-])C(=O)O. The zero-order valence-electron chi connectivity index (χ0n) is 22.8. The van der Waals surface area contributed by atoms with E-state index in [-0.39, 0.29) is 29.2 Å². The van der Waals surface area contributed by atoms with Gasteiger partial charge in [0.25, 0.3) is 0 Å². The highest BCUT2D eigenvalue weighted by molar-refractivity contribution is 6.26. The number of hydrogen-bond acceptors (Lipinski definition) is 7. The molecule has 0 radical (unpaired) electrons. The molecule has 1 aromatic carbocycles. The highest BCUT2D eigenvalue weighted by atomic mass is 16.7. The van der Waals surface area contributed by atoms with E-state index < -0.39 is 11.9 Å². The molecule has 0 amide bonds. The van der Waals surface area contributed by atoms with Gasteiger partial charge in [0.15, 0.2) is 5.97 Å². The molecule has 39 heavy (non-hydrogen) atoms. The van der Waals surface area contributed by atoms with Gasteiger partial charge in [0.2, 0.25) is 0 Å². The third-order valence-electron chi connectivity index (χ3n) is 9.80. The molecule has 2 saturated carbocycles. The van der Waals surface area contributed by atoms with Crippen molar-refractivity contribution in [1.29, 1.82) is 0 Å². The zero-order chi connectivity index (χ0) is 27.8. The fraction of sp³-hybridized carbons (Fsp3) is 0.633. The van der Waals surface area contributed by atoms with Crippen molar-refractivity contribution in [2.45, 2.75) is 56.8 Å². The molecular formula is C30H40N2O7. The Morgan fingerprint density at radius 3 is 2.51 bits per heavy atom. The van der Waals surface area contributed by atoms with E-state index in [9.17, 15) is 4.79 Å². The first-order valence-electron chi connectivity index (χ1n) is 14.3. The molecule has 0 bridgehead atoms. The lowest BCUT2D eigenvalue weighted by atomic mass is 9.55. The van der Waals surface area contributed by atoms with Crippen molar-refractivity contribution in [1.82, 2.24) is 4.90 Å². The van der Waals surface area contributed by atoms with Crippen LogP contribution in [0.25, 0.3) is 6.08 Å². The lowest BCUT2D eigenvalue weighted by Crippen LogP contribution is -3.14. The summed E-state index contributed by atoms with van der Waals surface area (Å²) in [4.78, 5) is 35.4. The Bertz CT molecular complexity index is 1090. The van der Waals surface area contributed by atoms with E-state index in [0.717, 1.165) is 58.5 Å². The second-order valence-corrected chi connectivity index (χ2v) is 12.2. The van der Waals surface area contributed by atoms with Gasteiger partial charge < -0.3 is 29.4 Å². The molecule has 9 heteroatoms. The molecule has 5 fully saturated rings. The number of quaternary nitrogens is 1. The standard InChI is InChI=1S/C28H38N2O3.C2H2O4/c1-20-10-11-24-22(25(31)32-28(24)23(20)12-13-27(2)26(28)33-27)19-30-17-15-29(16-18-30)14-6-9-21-7-4-3-5-8-21;3-1(4)2(5)6/h3-9,20,22-24,26H,10-19H2,1-2H3;(H,3,4)(H,5,6)/b9-6+;. The van der Waals surface area contributed by atoms with Gasteiger partial charge in [-0.2, -0.15) is 0 Å². The molecular weight excluding hydrogens is 500 g/mol. The summed E-state index contributed by atoms with van der Waals surface area (Å²) in [5.41, 5.74) is 0.869. The van der Waals surface area contributed by atoms with Crippen LogP contribution in [-0.4, -0.2) is 84.5 Å². The smallest absolute Gasteiger partial charge is 0.351 e. The average Bonchev–Trinajstić information content (AvgIpc) is 3.55. The number of fused-ring (bicyclic) bond motifs is 1. The minimum Gasteiger partial charge on any atom is -0.539 e. The predicted molar refractivity (Wildman–Crippen MR) is 140 cm³/mol. The summed E-state index contributed by atoms with van der Waals surface area (Å²) >= 11 is 0. The largest absolute Gasteiger partial charge is 0.539 e. The van der Waals surface area contributed by atoms with Crippen LogP contribution in [0.15, 0.2) is 36.4 Å². The van der Waals surface area contributed by atoms with Crippen LogP contribution in [0, 0.1) is 23.7 Å². The number of rotatable bonds is 5. The van der Waals surface area contributed by atoms with Crippen LogP contribution in [0.5, 0.6) is 0 Å². The van der Waals surface area contributed by atoms with E-state index in [1.807, 2.05) is 0 Å². The summed E-state index contributed by atoms with van der Waals surface area (Å²) in [7, 11) is 0. The number of carbonyl (C=O) groups is 3. The number of benzene rings is 1. The molecule has 3 heterocycles. The van der Waals surface area contributed by atoms with Crippen molar-refractivity contribution in [2.24, 2.45) is 23.7 Å². The van der Waals surface area contributed by atoms with Gasteiger partial charge in [-0.25, -0.2) is 4.79 Å². The summed E-state index contributed by atoms with van der Waals surface area (Å²) in [6.45, 7) is 10.9. The van der Waals surface area contributed by atoms with Crippen molar-refractivity contribution in [3.8, 4) is 0 Å². The Hall–Kier alpha value is -2.75. The summed E-state index contributed by atoms with van der Waals surface area (Å²) in [5.74, 6) is -2.51. The topological polar surface area (TPSA) is 124 Å². The highest BCUT2D eigenvalue weighted by Gasteiger charge is 2.77. The lowest BCUT2D eigenvalue weighted by Gasteiger charge is -2.50. The first-order valence-corrected chi connectivity index (χ1v) is 14.3. The number of carboxylic acids is 2. The first kappa shape index (κ1) is 27.8. The van der Waals surface area contributed by atoms with Crippen LogP contribution in [0.3, 0.4) is 0 Å². The Morgan fingerprint density at radius 1 is 1.15 bits per heavy atom. The summed E-state index contributed by atoms with van der Waals surface area (Å²) in [5, 5.41) is 16.3. The molecule has 212 valence electrons. The van der Waals surface area contributed by atoms with Crippen LogP contribution in [0.1, 0.15) is 45.1 Å². The van der Waals surface area contributed by atoms with Crippen LogP contribution < -0.4 is 10.0 Å². The Kier molecular flexibility index (Phi) is 7.86. The van der Waals surface area contributed by atoms with Crippen LogP contribution >= 0.6 is 0 Å². The summed E-state index contributed by atoms with van der Waals surface area (Å²) < 4.78 is 12.7. The fourth-order valence-corrected chi connectivity index (χ4v) is 7.72. The molecule has 2 N–H and O–H groups in total. The number of carbonyl (C=O) groups excluding carboxylic acids is 2. The number of aliphatic carboxylic acids is 2. The molecule has 0 aromatic heterocycles. The zero-order valence-corrected chi connectivity index (χ0v) is 22.8. The molecule has 2 aliphatic carbocycles. The average molecular weight is 541 g/mol. The van der Waals surface area contributed by atoms with E-state index in [1.165, 1.54) is 12.0 Å². The quantitative estimate of drug-likeness (QED) is 0.310. The normalized spacial score (nSPS) is 37.6. The number of carboxylic acid groups (broad SMARTS) is 2. The van der Waals surface area contributed by atoms with E-state index in [2.05, 4.69) is 61.2 Å². The molecule has 7 atom stereocenters. The number of hydrogen-bond donors (Lipinski definition) is 2. The van der Waals surface area contributed by atoms with E-state index >= 15 is 0 Å². The van der Waals surface area contributed by atoms with Gasteiger partial charge >= 0.3 is 11.9 Å². The fourth-order valence-electron chi connectivity index (χ4n) is 7.72. The number of epoxide rings is 1. The van der Waals surface area contributed by atoms with Crippen molar-refractivity contribution in [2.75, 3.05) is 39.3 Å². The molecule has 6 rings (SSSR count). The second kappa shape index (κ2) is 11.0. The lowest BCUT2D eigenvalue weighted by molar-refractivity contribution is -0.898. The third kappa shape index (κ3) is 5.49. The maximum absolute atomic E-state index is 13.3. The number of piperazine rings is 1.